The molecule has 0 aliphatic heterocycles. The van der Waals surface area contributed by atoms with Gasteiger partial charge in [-0.2, -0.15) is 5.10 Å². The zero-order valence-electron chi connectivity index (χ0n) is 12.8. The minimum absolute atomic E-state index is 0.589. The minimum atomic E-state index is 0.589. The number of rotatable bonds is 7. The second kappa shape index (κ2) is 7.25. The molecule has 1 unspecified atom stereocenters. The molecule has 0 bridgehead atoms. The van der Waals surface area contributed by atoms with Gasteiger partial charge in [-0.3, -0.25) is 4.68 Å². The van der Waals surface area contributed by atoms with Gasteiger partial charge in [-0.25, -0.2) is 0 Å². The Bertz CT molecular complexity index is 531. The molecule has 2 rings (SSSR count). The van der Waals surface area contributed by atoms with Crippen LogP contribution in [0.25, 0.3) is 0 Å². The van der Waals surface area contributed by atoms with E-state index in [0.717, 1.165) is 25.9 Å². The van der Waals surface area contributed by atoms with Crippen LogP contribution >= 0.6 is 0 Å². The topological polar surface area (TPSA) is 29.9 Å². The van der Waals surface area contributed by atoms with Crippen molar-refractivity contribution < 1.29 is 0 Å². The maximum absolute atomic E-state index is 4.51. The van der Waals surface area contributed by atoms with Crippen LogP contribution in [0, 0.1) is 12.8 Å². The molecule has 1 heterocycles. The summed E-state index contributed by atoms with van der Waals surface area (Å²) in [5, 5.41) is 7.99. The van der Waals surface area contributed by atoms with Crippen LogP contribution in [-0.4, -0.2) is 22.9 Å². The lowest BCUT2D eigenvalue weighted by atomic mass is 9.92. The average Bonchev–Trinajstić information content (AvgIpc) is 2.84. The van der Waals surface area contributed by atoms with Crippen molar-refractivity contribution in [2.75, 3.05) is 13.1 Å². The third kappa shape index (κ3) is 4.20. The van der Waals surface area contributed by atoms with Gasteiger partial charge in [-0.05, 0) is 56.0 Å². The Hall–Kier alpha value is -1.61. The molecule has 20 heavy (non-hydrogen) atoms. The summed E-state index contributed by atoms with van der Waals surface area (Å²) in [5.74, 6) is 0.589. The van der Waals surface area contributed by atoms with Gasteiger partial charge in [0.1, 0.15) is 0 Å². The SMILES string of the molecule is CCNCC(Cc1ccn(C)n1)Cc1ccccc1C. The Morgan fingerprint density at radius 3 is 2.65 bits per heavy atom. The smallest absolute Gasteiger partial charge is 0.0627 e. The Morgan fingerprint density at radius 1 is 1.20 bits per heavy atom. The van der Waals surface area contributed by atoms with Gasteiger partial charge < -0.3 is 5.32 Å². The van der Waals surface area contributed by atoms with Crippen LogP contribution in [0.3, 0.4) is 0 Å². The summed E-state index contributed by atoms with van der Waals surface area (Å²) in [7, 11) is 1.98. The fourth-order valence-corrected chi connectivity index (χ4v) is 2.58. The van der Waals surface area contributed by atoms with Crippen molar-refractivity contribution in [1.82, 2.24) is 15.1 Å². The summed E-state index contributed by atoms with van der Waals surface area (Å²) in [6.07, 6.45) is 4.16. The van der Waals surface area contributed by atoms with Crippen molar-refractivity contribution in [3.63, 3.8) is 0 Å². The van der Waals surface area contributed by atoms with Gasteiger partial charge in [-0.15, -0.1) is 0 Å². The predicted octanol–water partition coefficient (Wildman–Crippen LogP) is 2.74. The standard InChI is InChI=1S/C17H25N3/c1-4-18-13-15(12-17-9-10-20(3)19-17)11-16-8-6-5-7-14(16)2/h5-10,15,18H,4,11-13H2,1-3H3. The highest BCUT2D eigenvalue weighted by Gasteiger charge is 2.13. The lowest BCUT2D eigenvalue weighted by Crippen LogP contribution is -2.26. The van der Waals surface area contributed by atoms with Crippen molar-refractivity contribution >= 4 is 0 Å². The molecule has 1 N–H and O–H groups in total. The van der Waals surface area contributed by atoms with Crippen molar-refractivity contribution in [3.8, 4) is 0 Å². The fraction of sp³-hybridized carbons (Fsp3) is 0.471. The van der Waals surface area contributed by atoms with Crippen LogP contribution in [-0.2, 0) is 19.9 Å². The molecular formula is C17H25N3. The normalized spacial score (nSPS) is 12.6. The number of aryl methyl sites for hydroxylation is 2. The van der Waals surface area contributed by atoms with Crippen LogP contribution in [0.15, 0.2) is 36.5 Å². The van der Waals surface area contributed by atoms with E-state index >= 15 is 0 Å². The largest absolute Gasteiger partial charge is 0.317 e. The predicted molar refractivity (Wildman–Crippen MR) is 83.8 cm³/mol. The summed E-state index contributed by atoms with van der Waals surface area (Å²) >= 11 is 0. The molecular weight excluding hydrogens is 246 g/mol. The van der Waals surface area contributed by atoms with Crippen molar-refractivity contribution in [1.29, 1.82) is 0 Å². The first-order valence-electron chi connectivity index (χ1n) is 7.42. The van der Waals surface area contributed by atoms with E-state index in [0.29, 0.717) is 5.92 Å². The highest BCUT2D eigenvalue weighted by atomic mass is 15.2. The zero-order chi connectivity index (χ0) is 14.4. The van der Waals surface area contributed by atoms with Crippen molar-refractivity contribution in [2.45, 2.75) is 26.7 Å². The number of nitrogens with one attached hydrogen (secondary N) is 1. The van der Waals surface area contributed by atoms with Crippen LogP contribution < -0.4 is 5.32 Å². The maximum Gasteiger partial charge on any atom is 0.0627 e. The van der Waals surface area contributed by atoms with Crippen LogP contribution in [0.5, 0.6) is 0 Å². The van der Waals surface area contributed by atoms with Gasteiger partial charge in [0.05, 0.1) is 5.69 Å². The summed E-state index contributed by atoms with van der Waals surface area (Å²) < 4.78 is 1.88. The molecule has 1 aromatic heterocycles. The Labute approximate surface area is 122 Å². The van der Waals surface area contributed by atoms with Gasteiger partial charge in [-0.1, -0.05) is 31.2 Å². The van der Waals surface area contributed by atoms with E-state index in [1.165, 1.54) is 16.8 Å². The number of aromatic nitrogens is 2. The number of hydrogen-bond donors (Lipinski definition) is 1. The van der Waals surface area contributed by atoms with Crippen molar-refractivity contribution in [2.24, 2.45) is 13.0 Å². The molecule has 0 aliphatic rings. The molecule has 0 saturated carbocycles. The van der Waals surface area contributed by atoms with Crippen LogP contribution in [0.4, 0.5) is 0 Å². The Kier molecular flexibility index (Phi) is 5.36. The maximum atomic E-state index is 4.51. The first-order valence-corrected chi connectivity index (χ1v) is 7.42. The highest BCUT2D eigenvalue weighted by molar-refractivity contribution is 5.26. The van der Waals surface area contributed by atoms with Crippen LogP contribution in [0.1, 0.15) is 23.7 Å². The first-order chi connectivity index (χ1) is 9.69. The molecule has 0 aliphatic carbocycles. The van der Waals surface area contributed by atoms with Crippen LogP contribution in [0.2, 0.25) is 0 Å². The summed E-state index contributed by atoms with van der Waals surface area (Å²) in [6.45, 7) is 6.42. The lowest BCUT2D eigenvalue weighted by Gasteiger charge is -2.17. The summed E-state index contributed by atoms with van der Waals surface area (Å²) in [4.78, 5) is 0. The van der Waals surface area contributed by atoms with Gasteiger partial charge >= 0.3 is 0 Å². The molecule has 3 heteroatoms. The molecule has 1 aromatic carbocycles. The van der Waals surface area contributed by atoms with E-state index in [1.54, 1.807) is 0 Å². The second-order valence-corrected chi connectivity index (χ2v) is 5.49. The van der Waals surface area contributed by atoms with E-state index in [4.69, 9.17) is 0 Å². The molecule has 108 valence electrons. The molecule has 0 radical (unpaired) electrons. The molecule has 0 amide bonds. The van der Waals surface area contributed by atoms with E-state index in [1.807, 2.05) is 17.9 Å². The number of nitrogens with zero attached hydrogens (tertiary/aromatic N) is 2. The average molecular weight is 271 g/mol. The third-order valence-corrected chi connectivity index (χ3v) is 3.72. The molecule has 3 nitrogen and oxygen atoms in total. The van der Waals surface area contributed by atoms with Gasteiger partial charge in [0.2, 0.25) is 0 Å². The van der Waals surface area contributed by atoms with E-state index in [2.05, 4.69) is 54.6 Å². The molecule has 0 saturated heterocycles. The van der Waals surface area contributed by atoms with E-state index < -0.39 is 0 Å². The van der Waals surface area contributed by atoms with E-state index in [9.17, 15) is 0 Å². The first kappa shape index (κ1) is 14.8. The van der Waals surface area contributed by atoms with Gasteiger partial charge in [0.25, 0.3) is 0 Å². The molecule has 0 spiro atoms. The number of hydrogen-bond acceptors (Lipinski definition) is 2. The summed E-state index contributed by atoms with van der Waals surface area (Å²) in [5.41, 5.74) is 4.02. The quantitative estimate of drug-likeness (QED) is 0.839. The molecule has 2 aromatic rings. The summed E-state index contributed by atoms with van der Waals surface area (Å²) in [6, 6.07) is 10.8. The number of benzene rings is 1. The Morgan fingerprint density at radius 2 is 2.00 bits per heavy atom. The highest BCUT2D eigenvalue weighted by Crippen LogP contribution is 2.16. The fourth-order valence-electron chi connectivity index (χ4n) is 2.58. The van der Waals surface area contributed by atoms with E-state index in [-0.39, 0.29) is 0 Å². The van der Waals surface area contributed by atoms with Crippen molar-refractivity contribution in [3.05, 3.63) is 53.3 Å². The minimum Gasteiger partial charge on any atom is -0.317 e. The lowest BCUT2D eigenvalue weighted by molar-refractivity contribution is 0.470. The zero-order valence-corrected chi connectivity index (χ0v) is 12.8. The second-order valence-electron chi connectivity index (χ2n) is 5.49. The molecule has 0 fully saturated rings. The third-order valence-electron chi connectivity index (χ3n) is 3.72. The van der Waals surface area contributed by atoms with Gasteiger partial charge in [0, 0.05) is 13.2 Å². The van der Waals surface area contributed by atoms with Gasteiger partial charge in [0.15, 0.2) is 0 Å². The molecule has 1 atom stereocenters. The Balaban J connectivity index is 2.05. The monoisotopic (exact) mass is 271 g/mol.